The molecule has 8 unspecified atom stereocenters. The number of nitrogens with zero attached hydrogens (tertiary/aromatic N) is 3. The number of hydrogen-bond donors (Lipinski definition) is 8. The van der Waals surface area contributed by atoms with Gasteiger partial charge in [-0.15, -0.1) is 0 Å². The number of hydrogen-bond acceptors (Lipinski definition) is 30. The lowest BCUT2D eigenvalue weighted by Gasteiger charge is -2.32. The highest BCUT2D eigenvalue weighted by atomic mass is 32.2. The predicted octanol–water partition coefficient (Wildman–Crippen LogP) is 4.83. The van der Waals surface area contributed by atoms with Crippen molar-refractivity contribution in [1.29, 1.82) is 0 Å². The minimum absolute atomic E-state index is 0.0154. The molecule has 0 bridgehead atoms. The summed E-state index contributed by atoms with van der Waals surface area (Å²) in [6.45, 7) is 11.8. The van der Waals surface area contributed by atoms with Gasteiger partial charge in [-0.3, -0.25) is 43.2 Å². The van der Waals surface area contributed by atoms with Gasteiger partial charge in [0.1, 0.15) is 51.7 Å². The number of ether oxygens (including phenoxy) is 9. The van der Waals surface area contributed by atoms with Crippen LogP contribution in [0.15, 0.2) is 14.4 Å². The van der Waals surface area contributed by atoms with Crippen LogP contribution in [0.4, 0.5) is 0 Å². The predicted molar refractivity (Wildman–Crippen MR) is 352 cm³/mol. The van der Waals surface area contributed by atoms with Gasteiger partial charge in [-0.2, -0.15) is 113 Å². The van der Waals surface area contributed by atoms with E-state index in [9.17, 15) is 57.5 Å². The number of rotatable bonds is 40. The lowest BCUT2D eigenvalue weighted by molar-refractivity contribution is -0.171. The molecule has 0 saturated heterocycles. The molecule has 1 heterocycles. The number of thioether (sulfide) groups is 1. The Morgan fingerprint density at radius 3 is 0.721 bits per heavy atom. The minimum Gasteiger partial charge on any atom is -0.466 e. The fourth-order valence-corrected chi connectivity index (χ4v) is 7.84. The smallest absolute Gasteiger partial charge is 0.336 e. The van der Waals surface area contributed by atoms with E-state index in [0.717, 1.165) is 13.7 Å². The van der Waals surface area contributed by atoms with Crippen molar-refractivity contribution in [2.24, 2.45) is 5.41 Å². The summed E-state index contributed by atoms with van der Waals surface area (Å²) in [7, 11) is 0. The molecular formula is C53H89N3O21S9. The molecule has 0 saturated carbocycles. The SMILES string of the molecule is CC(S)CC(=O)OCC(COC(=O)CC(C)S)(COC(=O)CC(C)S)COC(=O)CC(C)S.CC(S)CC(=O)OCCCCOC(=O)CC(C)S.CSCC(=O)OCCn1c(=O)n(CCOC(=O)CC(C)S)c(=O)n(CCOC(=O)CC(C)S)c1=O. The zero-order valence-corrected chi connectivity index (χ0v) is 58.3. The maximum atomic E-state index is 12.9. The average Bonchev–Trinajstić information content (AvgIpc) is 1.62. The molecule has 496 valence electrons. The maximum Gasteiger partial charge on any atom is 0.336 e. The van der Waals surface area contributed by atoms with E-state index in [2.05, 4.69) is 101 Å². The molecule has 0 aromatic carbocycles. The summed E-state index contributed by atoms with van der Waals surface area (Å²) < 4.78 is 48.7. The monoisotopic (exact) mass is 1390 g/mol. The maximum absolute atomic E-state index is 12.9. The van der Waals surface area contributed by atoms with Gasteiger partial charge in [0.2, 0.25) is 0 Å². The van der Waals surface area contributed by atoms with E-state index in [1.54, 1.807) is 47.8 Å². The molecule has 0 aliphatic carbocycles. The molecule has 24 nitrogen and oxygen atoms in total. The van der Waals surface area contributed by atoms with Crippen LogP contribution in [0.1, 0.15) is 120 Å². The van der Waals surface area contributed by atoms with Gasteiger partial charge in [-0.1, -0.05) is 55.4 Å². The molecule has 0 fully saturated rings. The van der Waals surface area contributed by atoms with Crippen molar-refractivity contribution in [3.05, 3.63) is 31.5 Å². The highest BCUT2D eigenvalue weighted by molar-refractivity contribution is 7.99. The van der Waals surface area contributed by atoms with Crippen molar-refractivity contribution < 1.29 is 85.8 Å². The first-order valence-electron chi connectivity index (χ1n) is 27.4. The average molecular weight is 1390 g/mol. The molecule has 0 N–H and O–H groups in total. The van der Waals surface area contributed by atoms with Crippen LogP contribution < -0.4 is 17.1 Å². The molecule has 33 heteroatoms. The first-order chi connectivity index (χ1) is 40.1. The number of thiol groups is 8. The highest BCUT2D eigenvalue weighted by Gasteiger charge is 2.38. The molecule has 0 aliphatic heterocycles. The molecule has 0 radical (unpaired) electrons. The van der Waals surface area contributed by atoms with Crippen molar-refractivity contribution in [2.45, 2.75) is 181 Å². The molecule has 0 spiro atoms. The number of carbonyl (C=O) groups excluding carboxylic acids is 9. The number of esters is 9. The molecule has 1 rings (SSSR count). The Hall–Kier alpha value is -3.21. The Bertz CT molecular complexity index is 2210. The third-order valence-electron chi connectivity index (χ3n) is 10.3. The second-order valence-corrected chi connectivity index (χ2v) is 28.0. The van der Waals surface area contributed by atoms with Gasteiger partial charge < -0.3 is 42.6 Å². The molecule has 86 heavy (non-hydrogen) atoms. The highest BCUT2D eigenvalue weighted by Crippen LogP contribution is 2.24. The van der Waals surface area contributed by atoms with Crippen LogP contribution in [0.2, 0.25) is 0 Å². The lowest BCUT2D eigenvalue weighted by atomic mass is 9.92. The second-order valence-electron chi connectivity index (χ2n) is 20.1. The van der Waals surface area contributed by atoms with Crippen LogP contribution in [-0.4, -0.2) is 181 Å². The van der Waals surface area contributed by atoms with Gasteiger partial charge >= 0.3 is 70.8 Å². The van der Waals surface area contributed by atoms with Crippen molar-refractivity contribution in [3.8, 4) is 0 Å². The molecular weight excluding hydrogens is 1300 g/mol. The fourth-order valence-electron chi connectivity index (χ4n) is 6.33. The lowest BCUT2D eigenvalue weighted by Crippen LogP contribution is -2.55. The molecule has 8 atom stereocenters. The van der Waals surface area contributed by atoms with Crippen LogP contribution in [-0.2, 0) is 105 Å². The summed E-state index contributed by atoms with van der Waals surface area (Å²) in [6, 6.07) is 0. The van der Waals surface area contributed by atoms with E-state index >= 15 is 0 Å². The Balaban J connectivity index is 0. The van der Waals surface area contributed by atoms with E-state index in [-0.39, 0.29) is 164 Å². The zero-order chi connectivity index (χ0) is 66.1. The Kier molecular flexibility index (Phi) is 48.0. The second kappa shape index (κ2) is 48.6. The largest absolute Gasteiger partial charge is 0.466 e. The van der Waals surface area contributed by atoms with Gasteiger partial charge in [-0.05, 0) is 19.1 Å². The summed E-state index contributed by atoms with van der Waals surface area (Å²) in [5.41, 5.74) is -4.14. The third kappa shape index (κ3) is 45.1. The van der Waals surface area contributed by atoms with Crippen LogP contribution >= 0.6 is 113 Å². The number of aromatic nitrogens is 3. The normalized spacial score (nSPS) is 14.3. The summed E-state index contributed by atoms with van der Waals surface area (Å²) >= 11 is 34.3. The van der Waals surface area contributed by atoms with Gasteiger partial charge in [0.25, 0.3) is 0 Å². The molecule has 0 amide bonds. The van der Waals surface area contributed by atoms with E-state index in [0.29, 0.717) is 38.9 Å². The Morgan fingerprint density at radius 2 is 0.523 bits per heavy atom. The van der Waals surface area contributed by atoms with E-state index in [4.69, 9.17) is 42.6 Å². The van der Waals surface area contributed by atoms with Crippen molar-refractivity contribution in [1.82, 2.24) is 13.7 Å². The standard InChI is InChI=1S/C21H36O8S4.C20H31N3O9S3.C12H22O4S2/c1-13(30)5-17(22)26-9-21(10-27-18(23)6-14(2)31,11-28-19(24)7-15(3)32)12-29-20(25)8-16(4)33;1-13(33)10-15(24)30-7-4-21-18(27)22(5-8-31-16(25)11-14(2)34)20(29)23(19(21)28)6-9-32-17(26)12-35-3;1-9(17)7-11(13)15-5-3-4-6-16-12(14)8-10(2)18/h13-16,30-33H,5-12H2,1-4H3;13-14,33-34H,4-12H2,1-3H3;9-10,17-18H,3-8H2,1-2H3. The topological polar surface area (TPSA) is 303 Å². The molecule has 1 aromatic heterocycles. The quantitative estimate of drug-likeness (QED) is 0.0189. The van der Waals surface area contributed by atoms with E-state index < -0.39 is 64.3 Å². The summed E-state index contributed by atoms with van der Waals surface area (Å²) in [4.78, 5) is 144. The van der Waals surface area contributed by atoms with Crippen LogP contribution in [0.5, 0.6) is 0 Å². The molecule has 0 aliphatic rings. The van der Waals surface area contributed by atoms with E-state index in [1.165, 1.54) is 11.8 Å². The van der Waals surface area contributed by atoms with Crippen LogP contribution in [0.25, 0.3) is 0 Å². The summed E-state index contributed by atoms with van der Waals surface area (Å²) in [5, 5.41) is -1.35. The van der Waals surface area contributed by atoms with Gasteiger partial charge in [0.05, 0.1) is 90.0 Å². The van der Waals surface area contributed by atoms with Crippen molar-refractivity contribution >= 4 is 167 Å². The van der Waals surface area contributed by atoms with Gasteiger partial charge in [-0.25, -0.2) is 28.1 Å². The van der Waals surface area contributed by atoms with Crippen LogP contribution in [0.3, 0.4) is 0 Å². The summed E-state index contributed by atoms with van der Waals surface area (Å²) in [6.07, 6.45) is 4.00. The number of unbranched alkanes of at least 4 members (excludes halogenated alkanes) is 1. The van der Waals surface area contributed by atoms with Gasteiger partial charge in [0.15, 0.2) is 0 Å². The fraction of sp³-hybridized carbons (Fsp3) is 0.774. The Labute approximate surface area is 551 Å². The summed E-state index contributed by atoms with van der Waals surface area (Å²) in [5.74, 6) is -4.16. The van der Waals surface area contributed by atoms with Crippen molar-refractivity contribution in [2.75, 3.05) is 71.5 Å². The minimum atomic E-state index is -1.30. The van der Waals surface area contributed by atoms with Crippen LogP contribution in [0, 0.1) is 5.41 Å². The first kappa shape index (κ1) is 84.9. The van der Waals surface area contributed by atoms with Gasteiger partial charge in [0, 0.05) is 42.0 Å². The van der Waals surface area contributed by atoms with E-state index in [1.807, 2.05) is 13.8 Å². The zero-order valence-electron chi connectivity index (χ0n) is 50.3. The molecule has 1 aromatic rings. The Morgan fingerprint density at radius 1 is 0.337 bits per heavy atom. The van der Waals surface area contributed by atoms with Crippen molar-refractivity contribution in [3.63, 3.8) is 0 Å². The first-order valence-corrected chi connectivity index (χ1v) is 32.9. The third-order valence-corrected chi connectivity index (χ3v) is 12.3. The number of carbonyl (C=O) groups is 9.